The molecule has 0 saturated heterocycles. The molecule has 1 fully saturated rings. The van der Waals surface area contributed by atoms with E-state index in [0.717, 1.165) is 22.4 Å². The third-order valence-corrected chi connectivity index (χ3v) is 3.72. The average Bonchev–Trinajstić information content (AvgIpc) is 3.15. The Morgan fingerprint density at radius 2 is 2.22 bits per heavy atom. The van der Waals surface area contributed by atoms with E-state index < -0.39 is 0 Å². The second-order valence-electron chi connectivity index (χ2n) is 5.40. The molecule has 0 aromatic carbocycles. The van der Waals surface area contributed by atoms with E-state index in [0.29, 0.717) is 12.0 Å². The minimum absolute atomic E-state index is 0.0483. The maximum absolute atomic E-state index is 9.48. The van der Waals surface area contributed by atoms with Crippen molar-refractivity contribution < 1.29 is 5.11 Å². The van der Waals surface area contributed by atoms with Crippen molar-refractivity contribution in [3.8, 4) is 0 Å². The fraction of sp³-hybridized carbons (Fsp3) is 0.643. The van der Waals surface area contributed by atoms with Gasteiger partial charge in [-0.2, -0.15) is 0 Å². The Kier molecular flexibility index (Phi) is 4.62. The van der Waals surface area contributed by atoms with Crippen LogP contribution in [0.1, 0.15) is 38.7 Å². The van der Waals surface area contributed by atoms with Crippen LogP contribution in [0.3, 0.4) is 0 Å². The van der Waals surface area contributed by atoms with Crippen molar-refractivity contribution in [3.05, 3.63) is 22.3 Å². The first-order valence-electron chi connectivity index (χ1n) is 6.63. The molecule has 1 aliphatic carbocycles. The largest absolute Gasteiger partial charge is 0.392 e. The summed E-state index contributed by atoms with van der Waals surface area (Å²) < 4.78 is 0.926. The van der Waals surface area contributed by atoms with Crippen LogP contribution in [0.5, 0.6) is 0 Å². The highest BCUT2D eigenvalue weighted by Crippen LogP contribution is 2.33. The van der Waals surface area contributed by atoms with Crippen LogP contribution in [0.2, 0.25) is 0 Å². The zero-order valence-electron chi connectivity index (χ0n) is 11.1. The summed E-state index contributed by atoms with van der Waals surface area (Å²) in [6.07, 6.45) is 5.49. The third kappa shape index (κ3) is 3.45. The fourth-order valence-electron chi connectivity index (χ4n) is 2.09. The molecule has 3 nitrogen and oxygen atoms in total. The molecular formula is C14H21BrN2O. The van der Waals surface area contributed by atoms with Gasteiger partial charge < -0.3 is 10.0 Å². The Hall–Kier alpha value is -0.610. The lowest BCUT2D eigenvalue weighted by Gasteiger charge is -2.26. The van der Waals surface area contributed by atoms with Crippen molar-refractivity contribution in [2.75, 3.05) is 11.4 Å². The van der Waals surface area contributed by atoms with Gasteiger partial charge in [0.2, 0.25) is 0 Å². The molecule has 1 aliphatic rings. The van der Waals surface area contributed by atoms with Crippen molar-refractivity contribution in [3.63, 3.8) is 0 Å². The first kappa shape index (κ1) is 13.8. The third-order valence-electron chi connectivity index (χ3n) is 3.29. The fourth-order valence-corrected chi connectivity index (χ4v) is 2.47. The van der Waals surface area contributed by atoms with Crippen LogP contribution in [-0.4, -0.2) is 22.7 Å². The van der Waals surface area contributed by atoms with Crippen LogP contribution in [0.15, 0.2) is 16.7 Å². The molecule has 1 saturated carbocycles. The van der Waals surface area contributed by atoms with Crippen LogP contribution in [0.4, 0.5) is 5.82 Å². The minimum atomic E-state index is 0.0483. The van der Waals surface area contributed by atoms with E-state index in [9.17, 15) is 5.11 Å². The molecule has 18 heavy (non-hydrogen) atoms. The normalized spacial score (nSPS) is 15.2. The standard InChI is InChI=1S/C14H21BrN2O/c1-10(2)5-6-17(13-3-4-13)14-11(9-18)7-12(15)8-16-14/h7-8,10,13,18H,3-6,9H2,1-2H3. The molecular weight excluding hydrogens is 292 g/mol. The molecule has 1 N–H and O–H groups in total. The summed E-state index contributed by atoms with van der Waals surface area (Å²) in [5.41, 5.74) is 0.917. The molecule has 0 unspecified atom stereocenters. The number of hydrogen-bond acceptors (Lipinski definition) is 3. The number of aromatic nitrogens is 1. The number of pyridine rings is 1. The molecule has 1 aromatic rings. The lowest BCUT2D eigenvalue weighted by atomic mass is 10.1. The van der Waals surface area contributed by atoms with Crippen molar-refractivity contribution in [1.29, 1.82) is 0 Å². The highest BCUT2D eigenvalue weighted by atomic mass is 79.9. The van der Waals surface area contributed by atoms with Gasteiger partial charge in [-0.25, -0.2) is 4.98 Å². The second kappa shape index (κ2) is 6.02. The zero-order chi connectivity index (χ0) is 13.1. The Morgan fingerprint density at radius 1 is 1.50 bits per heavy atom. The maximum atomic E-state index is 9.48. The number of halogens is 1. The number of nitrogens with zero attached hydrogens (tertiary/aromatic N) is 2. The van der Waals surface area contributed by atoms with E-state index in [1.807, 2.05) is 12.3 Å². The van der Waals surface area contributed by atoms with Gasteiger partial charge in [0, 0.05) is 28.8 Å². The summed E-state index contributed by atoms with van der Waals surface area (Å²) in [6, 6.07) is 2.59. The molecule has 1 aromatic heterocycles. The molecule has 4 heteroatoms. The van der Waals surface area contributed by atoms with E-state index in [-0.39, 0.29) is 6.61 Å². The van der Waals surface area contributed by atoms with Gasteiger partial charge in [0.15, 0.2) is 0 Å². The first-order chi connectivity index (χ1) is 8.61. The highest BCUT2D eigenvalue weighted by molar-refractivity contribution is 9.10. The lowest BCUT2D eigenvalue weighted by Crippen LogP contribution is -2.29. The smallest absolute Gasteiger partial charge is 0.134 e. The second-order valence-corrected chi connectivity index (χ2v) is 6.32. The van der Waals surface area contributed by atoms with Crippen LogP contribution < -0.4 is 4.90 Å². The summed E-state index contributed by atoms with van der Waals surface area (Å²) in [5, 5.41) is 9.48. The molecule has 100 valence electrons. The van der Waals surface area contributed by atoms with Gasteiger partial charge in [0.05, 0.1) is 6.61 Å². The molecule has 0 amide bonds. The highest BCUT2D eigenvalue weighted by Gasteiger charge is 2.31. The molecule has 0 bridgehead atoms. The minimum Gasteiger partial charge on any atom is -0.392 e. The van der Waals surface area contributed by atoms with Crippen molar-refractivity contribution >= 4 is 21.7 Å². The molecule has 0 radical (unpaired) electrons. The average molecular weight is 313 g/mol. The topological polar surface area (TPSA) is 36.4 Å². The summed E-state index contributed by atoms with van der Waals surface area (Å²) in [5.74, 6) is 1.66. The Bertz CT molecular complexity index is 405. The van der Waals surface area contributed by atoms with Gasteiger partial charge in [-0.05, 0) is 47.2 Å². The van der Waals surface area contributed by atoms with E-state index in [1.165, 1.54) is 19.3 Å². The van der Waals surface area contributed by atoms with Gasteiger partial charge in [0.25, 0.3) is 0 Å². The SMILES string of the molecule is CC(C)CCN(c1ncc(Br)cc1CO)C1CC1. The van der Waals surface area contributed by atoms with Gasteiger partial charge >= 0.3 is 0 Å². The van der Waals surface area contributed by atoms with E-state index in [1.54, 1.807) is 0 Å². The van der Waals surface area contributed by atoms with Crippen molar-refractivity contribution in [2.24, 2.45) is 5.92 Å². The molecule has 0 atom stereocenters. The number of hydrogen-bond donors (Lipinski definition) is 1. The number of aliphatic hydroxyl groups excluding tert-OH is 1. The summed E-state index contributed by atoms with van der Waals surface area (Å²) in [4.78, 5) is 6.88. The molecule has 2 rings (SSSR count). The first-order valence-corrected chi connectivity index (χ1v) is 7.43. The monoisotopic (exact) mass is 312 g/mol. The Balaban J connectivity index is 2.19. The van der Waals surface area contributed by atoms with Gasteiger partial charge in [0.1, 0.15) is 5.82 Å². The van der Waals surface area contributed by atoms with Crippen LogP contribution in [-0.2, 0) is 6.61 Å². The maximum Gasteiger partial charge on any atom is 0.134 e. The van der Waals surface area contributed by atoms with E-state index >= 15 is 0 Å². The number of rotatable bonds is 6. The summed E-state index contributed by atoms with van der Waals surface area (Å²) in [7, 11) is 0. The van der Waals surface area contributed by atoms with Crippen molar-refractivity contribution in [2.45, 2.75) is 45.8 Å². The quantitative estimate of drug-likeness (QED) is 0.875. The zero-order valence-corrected chi connectivity index (χ0v) is 12.7. The molecule has 1 heterocycles. The Labute approximate surface area is 117 Å². The Morgan fingerprint density at radius 3 is 2.78 bits per heavy atom. The van der Waals surface area contributed by atoms with Crippen LogP contribution in [0.25, 0.3) is 0 Å². The molecule has 0 aliphatic heterocycles. The van der Waals surface area contributed by atoms with Gasteiger partial charge in [-0.1, -0.05) is 13.8 Å². The number of anilines is 1. The van der Waals surface area contributed by atoms with Crippen LogP contribution in [0, 0.1) is 5.92 Å². The number of aliphatic hydroxyl groups is 1. The predicted molar refractivity (Wildman–Crippen MR) is 77.7 cm³/mol. The predicted octanol–water partition coefficient (Wildman–Crippen LogP) is 3.35. The summed E-state index contributed by atoms with van der Waals surface area (Å²) in [6.45, 7) is 5.57. The summed E-state index contributed by atoms with van der Waals surface area (Å²) >= 11 is 3.41. The van der Waals surface area contributed by atoms with E-state index in [2.05, 4.69) is 39.7 Å². The van der Waals surface area contributed by atoms with Gasteiger partial charge in [-0.3, -0.25) is 0 Å². The van der Waals surface area contributed by atoms with E-state index in [4.69, 9.17) is 0 Å². The van der Waals surface area contributed by atoms with Crippen LogP contribution >= 0.6 is 15.9 Å². The van der Waals surface area contributed by atoms with Crippen molar-refractivity contribution in [1.82, 2.24) is 4.98 Å². The van der Waals surface area contributed by atoms with Gasteiger partial charge in [-0.15, -0.1) is 0 Å². The molecule has 0 spiro atoms. The lowest BCUT2D eigenvalue weighted by molar-refractivity contribution is 0.281.